The summed E-state index contributed by atoms with van der Waals surface area (Å²) in [6.45, 7) is 12.1. The average Bonchev–Trinajstić information content (AvgIpc) is 2.15. The molecule has 1 rings (SSSR count). The SMILES string of the molecule is CCN(C)c1c(C)c(C)cc(C)c1C. The molecule has 1 nitrogen and oxygen atoms in total. The molecule has 0 aliphatic rings. The van der Waals surface area contributed by atoms with E-state index in [-0.39, 0.29) is 0 Å². The lowest BCUT2D eigenvalue weighted by atomic mass is 9.98. The molecule has 1 heteroatoms. The summed E-state index contributed by atoms with van der Waals surface area (Å²) in [6, 6.07) is 2.28. The van der Waals surface area contributed by atoms with Gasteiger partial charge in [0.25, 0.3) is 0 Å². The monoisotopic (exact) mass is 191 g/mol. The first-order valence-electron chi connectivity index (χ1n) is 5.27. The van der Waals surface area contributed by atoms with Crippen LogP contribution < -0.4 is 4.90 Å². The van der Waals surface area contributed by atoms with Crippen LogP contribution in [-0.4, -0.2) is 13.6 Å². The Morgan fingerprint density at radius 1 is 1.00 bits per heavy atom. The molecule has 0 atom stereocenters. The minimum Gasteiger partial charge on any atom is -0.374 e. The number of nitrogens with zero attached hydrogens (tertiary/aromatic N) is 1. The van der Waals surface area contributed by atoms with Crippen LogP contribution in [0.1, 0.15) is 29.2 Å². The third kappa shape index (κ3) is 1.77. The van der Waals surface area contributed by atoms with Crippen LogP contribution in [-0.2, 0) is 0 Å². The Kier molecular flexibility index (Phi) is 3.20. The maximum Gasteiger partial charge on any atom is 0.0428 e. The van der Waals surface area contributed by atoms with Gasteiger partial charge in [0.05, 0.1) is 0 Å². The van der Waals surface area contributed by atoms with Crippen LogP contribution in [0.25, 0.3) is 0 Å². The highest BCUT2D eigenvalue weighted by molar-refractivity contribution is 5.63. The van der Waals surface area contributed by atoms with Crippen molar-refractivity contribution in [3.05, 3.63) is 28.3 Å². The zero-order chi connectivity index (χ0) is 10.9. The van der Waals surface area contributed by atoms with Crippen LogP contribution >= 0.6 is 0 Å². The lowest BCUT2D eigenvalue weighted by Crippen LogP contribution is -2.19. The number of anilines is 1. The molecule has 0 unspecified atom stereocenters. The molecule has 0 radical (unpaired) electrons. The molecule has 0 amide bonds. The van der Waals surface area contributed by atoms with Crippen LogP contribution in [0.5, 0.6) is 0 Å². The fourth-order valence-corrected chi connectivity index (χ4v) is 1.93. The lowest BCUT2D eigenvalue weighted by Gasteiger charge is -2.24. The third-order valence-electron chi connectivity index (χ3n) is 3.18. The number of hydrogen-bond acceptors (Lipinski definition) is 1. The van der Waals surface area contributed by atoms with Crippen LogP contribution in [0.4, 0.5) is 5.69 Å². The van der Waals surface area contributed by atoms with E-state index in [1.807, 2.05) is 0 Å². The fourth-order valence-electron chi connectivity index (χ4n) is 1.93. The van der Waals surface area contributed by atoms with Crippen LogP contribution in [0.15, 0.2) is 6.07 Å². The molecule has 0 saturated heterocycles. The predicted octanol–water partition coefficient (Wildman–Crippen LogP) is 3.38. The van der Waals surface area contributed by atoms with Gasteiger partial charge in [-0.1, -0.05) is 6.07 Å². The fraction of sp³-hybridized carbons (Fsp3) is 0.538. The quantitative estimate of drug-likeness (QED) is 0.692. The molecule has 0 aliphatic heterocycles. The number of aryl methyl sites for hydroxylation is 2. The van der Waals surface area contributed by atoms with Crippen molar-refractivity contribution in [1.29, 1.82) is 0 Å². The normalized spacial score (nSPS) is 10.4. The first-order chi connectivity index (χ1) is 6.49. The van der Waals surface area contributed by atoms with Gasteiger partial charge in [-0.2, -0.15) is 0 Å². The van der Waals surface area contributed by atoms with Crippen LogP contribution in [0.2, 0.25) is 0 Å². The first-order valence-corrected chi connectivity index (χ1v) is 5.27. The number of benzene rings is 1. The molecule has 14 heavy (non-hydrogen) atoms. The molecule has 0 saturated carbocycles. The highest BCUT2D eigenvalue weighted by Gasteiger charge is 2.10. The summed E-state index contributed by atoms with van der Waals surface area (Å²) in [4.78, 5) is 2.32. The Morgan fingerprint density at radius 2 is 1.43 bits per heavy atom. The maximum atomic E-state index is 2.32. The zero-order valence-corrected chi connectivity index (χ0v) is 10.2. The van der Waals surface area contributed by atoms with E-state index in [1.54, 1.807) is 0 Å². The Morgan fingerprint density at radius 3 is 1.79 bits per heavy atom. The lowest BCUT2D eigenvalue weighted by molar-refractivity contribution is 0.947. The zero-order valence-electron chi connectivity index (χ0n) is 10.2. The van der Waals surface area contributed by atoms with Gasteiger partial charge in [0, 0.05) is 19.3 Å². The standard InChI is InChI=1S/C13H21N/c1-7-14(6)13-11(4)9(2)8-10(3)12(13)5/h8H,7H2,1-6H3. The first kappa shape index (κ1) is 11.1. The Balaban J connectivity index is 3.39. The van der Waals surface area contributed by atoms with Gasteiger partial charge in [-0.25, -0.2) is 0 Å². The van der Waals surface area contributed by atoms with E-state index in [9.17, 15) is 0 Å². The van der Waals surface area contributed by atoms with E-state index in [0.29, 0.717) is 0 Å². The average molecular weight is 191 g/mol. The van der Waals surface area contributed by atoms with Gasteiger partial charge in [0.2, 0.25) is 0 Å². The summed E-state index contributed by atoms with van der Waals surface area (Å²) in [7, 11) is 2.16. The minimum absolute atomic E-state index is 1.06. The molecule has 0 aliphatic carbocycles. The second-order valence-electron chi connectivity index (χ2n) is 4.12. The molecular weight excluding hydrogens is 170 g/mol. The van der Waals surface area contributed by atoms with E-state index < -0.39 is 0 Å². The molecule has 0 heterocycles. The second kappa shape index (κ2) is 4.04. The summed E-state index contributed by atoms with van der Waals surface area (Å²) in [5, 5.41) is 0. The molecule has 0 bridgehead atoms. The topological polar surface area (TPSA) is 3.24 Å². The van der Waals surface area contributed by atoms with Crippen molar-refractivity contribution in [3.8, 4) is 0 Å². The molecule has 1 aromatic carbocycles. The second-order valence-corrected chi connectivity index (χ2v) is 4.12. The molecule has 1 aromatic rings. The van der Waals surface area contributed by atoms with Crippen molar-refractivity contribution >= 4 is 5.69 Å². The molecule has 0 spiro atoms. The minimum atomic E-state index is 1.06. The maximum absolute atomic E-state index is 2.32. The van der Waals surface area contributed by atoms with Crippen LogP contribution in [0.3, 0.4) is 0 Å². The number of rotatable bonds is 2. The van der Waals surface area contributed by atoms with E-state index in [1.165, 1.54) is 27.9 Å². The summed E-state index contributed by atoms with van der Waals surface area (Å²) in [5.74, 6) is 0. The van der Waals surface area contributed by atoms with E-state index in [4.69, 9.17) is 0 Å². The van der Waals surface area contributed by atoms with E-state index >= 15 is 0 Å². The van der Waals surface area contributed by atoms with Crippen molar-refractivity contribution in [2.45, 2.75) is 34.6 Å². The summed E-state index contributed by atoms with van der Waals surface area (Å²) < 4.78 is 0. The van der Waals surface area contributed by atoms with Gasteiger partial charge < -0.3 is 4.90 Å². The Hall–Kier alpha value is -0.980. The Labute approximate surface area is 87.7 Å². The summed E-state index contributed by atoms with van der Waals surface area (Å²) in [6.07, 6.45) is 0. The highest BCUT2D eigenvalue weighted by Crippen LogP contribution is 2.28. The van der Waals surface area contributed by atoms with Gasteiger partial charge >= 0.3 is 0 Å². The largest absolute Gasteiger partial charge is 0.374 e. The smallest absolute Gasteiger partial charge is 0.0428 e. The summed E-state index contributed by atoms with van der Waals surface area (Å²) >= 11 is 0. The molecule has 0 fully saturated rings. The van der Waals surface area contributed by atoms with Gasteiger partial charge in [-0.3, -0.25) is 0 Å². The van der Waals surface area contributed by atoms with Gasteiger partial charge in [0.15, 0.2) is 0 Å². The van der Waals surface area contributed by atoms with Crippen molar-refractivity contribution in [2.24, 2.45) is 0 Å². The number of hydrogen-bond donors (Lipinski definition) is 0. The van der Waals surface area contributed by atoms with Crippen molar-refractivity contribution in [3.63, 3.8) is 0 Å². The Bertz CT molecular complexity index is 313. The summed E-state index contributed by atoms with van der Waals surface area (Å²) in [5.41, 5.74) is 7.02. The van der Waals surface area contributed by atoms with E-state index in [2.05, 4.69) is 52.6 Å². The van der Waals surface area contributed by atoms with Gasteiger partial charge in [-0.15, -0.1) is 0 Å². The van der Waals surface area contributed by atoms with Crippen molar-refractivity contribution < 1.29 is 0 Å². The van der Waals surface area contributed by atoms with Crippen LogP contribution in [0, 0.1) is 27.7 Å². The van der Waals surface area contributed by atoms with Gasteiger partial charge in [-0.05, 0) is 56.9 Å². The van der Waals surface area contributed by atoms with Crippen molar-refractivity contribution in [2.75, 3.05) is 18.5 Å². The highest BCUT2D eigenvalue weighted by atomic mass is 15.1. The van der Waals surface area contributed by atoms with Crippen molar-refractivity contribution in [1.82, 2.24) is 0 Å². The van der Waals surface area contributed by atoms with Gasteiger partial charge in [0.1, 0.15) is 0 Å². The molecule has 0 N–H and O–H groups in total. The molecule has 0 aromatic heterocycles. The van der Waals surface area contributed by atoms with E-state index in [0.717, 1.165) is 6.54 Å². The third-order valence-corrected chi connectivity index (χ3v) is 3.18. The molecule has 78 valence electrons. The molecular formula is C13H21N. The predicted molar refractivity (Wildman–Crippen MR) is 64.3 cm³/mol.